The molecule has 21 heavy (non-hydrogen) atoms. The molecule has 2 heterocycles. The van der Waals surface area contributed by atoms with Crippen molar-refractivity contribution >= 4 is 23.2 Å². The number of benzene rings is 1. The predicted octanol–water partition coefficient (Wildman–Crippen LogP) is 3.38. The maximum Gasteiger partial charge on any atom is 0.134 e. The number of hydrogen-bond acceptors (Lipinski definition) is 4. The lowest BCUT2D eigenvalue weighted by molar-refractivity contribution is 0.923. The van der Waals surface area contributed by atoms with Gasteiger partial charge < -0.3 is 10.2 Å². The maximum absolute atomic E-state index is 6.16. The van der Waals surface area contributed by atoms with E-state index >= 15 is 0 Å². The standard InChI is InChI=1S/C16H19ClN4/c17-14-6-2-1-5-13(14)7-8-18-15-11-16(20-12-19-15)21-9-3-4-10-21/h1-2,5-6,11-12H,3-4,7-10H2,(H,18,19,20). The molecule has 4 nitrogen and oxygen atoms in total. The normalized spacial score (nSPS) is 14.4. The van der Waals surface area contributed by atoms with Crippen molar-refractivity contribution in [3.05, 3.63) is 47.2 Å². The summed E-state index contributed by atoms with van der Waals surface area (Å²) in [6.45, 7) is 2.99. The smallest absolute Gasteiger partial charge is 0.134 e. The van der Waals surface area contributed by atoms with Gasteiger partial charge in [-0.15, -0.1) is 0 Å². The van der Waals surface area contributed by atoms with Crippen LogP contribution in [0.1, 0.15) is 18.4 Å². The molecule has 1 aromatic heterocycles. The zero-order valence-electron chi connectivity index (χ0n) is 11.9. The third-order valence-electron chi connectivity index (χ3n) is 3.74. The van der Waals surface area contributed by atoms with Crippen LogP contribution in [0.3, 0.4) is 0 Å². The summed E-state index contributed by atoms with van der Waals surface area (Å²) in [6.07, 6.45) is 5.01. The van der Waals surface area contributed by atoms with Crippen LogP contribution >= 0.6 is 11.6 Å². The van der Waals surface area contributed by atoms with Gasteiger partial charge in [0.1, 0.15) is 18.0 Å². The van der Waals surface area contributed by atoms with Crippen molar-refractivity contribution in [2.75, 3.05) is 29.9 Å². The van der Waals surface area contributed by atoms with Crippen LogP contribution in [0.2, 0.25) is 5.02 Å². The molecule has 1 N–H and O–H groups in total. The van der Waals surface area contributed by atoms with Gasteiger partial charge in [-0.25, -0.2) is 9.97 Å². The van der Waals surface area contributed by atoms with Crippen LogP contribution in [0, 0.1) is 0 Å². The molecule has 1 aliphatic heterocycles. The predicted molar refractivity (Wildman–Crippen MR) is 87.1 cm³/mol. The fraction of sp³-hybridized carbons (Fsp3) is 0.375. The molecule has 1 fully saturated rings. The molecule has 110 valence electrons. The zero-order chi connectivity index (χ0) is 14.5. The minimum atomic E-state index is 0.806. The SMILES string of the molecule is Clc1ccccc1CCNc1cc(N2CCCC2)ncn1. The van der Waals surface area contributed by atoms with Crippen LogP contribution in [0.25, 0.3) is 0 Å². The van der Waals surface area contributed by atoms with E-state index in [0.29, 0.717) is 0 Å². The van der Waals surface area contributed by atoms with Crippen molar-refractivity contribution in [1.82, 2.24) is 9.97 Å². The van der Waals surface area contributed by atoms with E-state index in [-0.39, 0.29) is 0 Å². The molecule has 0 atom stereocenters. The first-order chi connectivity index (χ1) is 10.3. The summed E-state index contributed by atoms with van der Waals surface area (Å²) in [5, 5.41) is 4.17. The maximum atomic E-state index is 6.16. The number of rotatable bonds is 5. The Morgan fingerprint density at radius 1 is 1.14 bits per heavy atom. The molecular weight excluding hydrogens is 284 g/mol. The van der Waals surface area contributed by atoms with Gasteiger partial charge in [-0.2, -0.15) is 0 Å². The zero-order valence-corrected chi connectivity index (χ0v) is 12.7. The largest absolute Gasteiger partial charge is 0.370 e. The number of halogens is 1. The first kappa shape index (κ1) is 14.1. The second kappa shape index (κ2) is 6.76. The Labute approximate surface area is 130 Å². The molecule has 0 unspecified atom stereocenters. The monoisotopic (exact) mass is 302 g/mol. The van der Waals surface area contributed by atoms with Crippen molar-refractivity contribution in [1.29, 1.82) is 0 Å². The highest BCUT2D eigenvalue weighted by atomic mass is 35.5. The molecule has 3 rings (SSSR count). The van der Waals surface area contributed by atoms with Gasteiger partial charge in [-0.1, -0.05) is 29.8 Å². The van der Waals surface area contributed by atoms with Crippen molar-refractivity contribution in [2.45, 2.75) is 19.3 Å². The van der Waals surface area contributed by atoms with Crippen LogP contribution in [0.5, 0.6) is 0 Å². The van der Waals surface area contributed by atoms with Gasteiger partial charge in [0.05, 0.1) is 0 Å². The lowest BCUT2D eigenvalue weighted by Gasteiger charge is -2.16. The first-order valence-electron chi connectivity index (χ1n) is 7.37. The van der Waals surface area contributed by atoms with Gasteiger partial charge in [0, 0.05) is 30.7 Å². The Kier molecular flexibility index (Phi) is 4.55. The second-order valence-electron chi connectivity index (χ2n) is 5.22. The lowest BCUT2D eigenvalue weighted by Crippen LogP contribution is -2.19. The van der Waals surface area contributed by atoms with E-state index in [9.17, 15) is 0 Å². The van der Waals surface area contributed by atoms with Gasteiger partial charge in [-0.05, 0) is 30.9 Å². The van der Waals surface area contributed by atoms with Crippen LogP contribution < -0.4 is 10.2 Å². The minimum absolute atomic E-state index is 0.806. The topological polar surface area (TPSA) is 41.0 Å². The molecule has 0 amide bonds. The molecule has 1 aromatic carbocycles. The Morgan fingerprint density at radius 2 is 1.95 bits per heavy atom. The molecule has 5 heteroatoms. The summed E-state index contributed by atoms with van der Waals surface area (Å²) in [7, 11) is 0. The van der Waals surface area contributed by atoms with E-state index in [2.05, 4.69) is 26.3 Å². The fourth-order valence-corrected chi connectivity index (χ4v) is 2.82. The highest BCUT2D eigenvalue weighted by molar-refractivity contribution is 6.31. The number of anilines is 2. The van der Waals surface area contributed by atoms with Gasteiger partial charge in [-0.3, -0.25) is 0 Å². The number of nitrogens with zero attached hydrogens (tertiary/aromatic N) is 3. The van der Waals surface area contributed by atoms with Crippen molar-refractivity contribution < 1.29 is 0 Å². The van der Waals surface area contributed by atoms with Gasteiger partial charge in [0.15, 0.2) is 0 Å². The Bertz CT molecular complexity index is 596. The first-order valence-corrected chi connectivity index (χ1v) is 7.75. The van der Waals surface area contributed by atoms with E-state index < -0.39 is 0 Å². The van der Waals surface area contributed by atoms with Gasteiger partial charge in [0.25, 0.3) is 0 Å². The summed E-state index contributed by atoms with van der Waals surface area (Å²) in [5.41, 5.74) is 1.15. The molecule has 0 radical (unpaired) electrons. The molecule has 0 spiro atoms. The van der Waals surface area contributed by atoms with E-state index in [1.807, 2.05) is 24.3 Å². The quantitative estimate of drug-likeness (QED) is 0.919. The van der Waals surface area contributed by atoms with Crippen LogP contribution in [0.15, 0.2) is 36.7 Å². The Balaban J connectivity index is 1.58. The van der Waals surface area contributed by atoms with Crippen LogP contribution in [0.4, 0.5) is 11.6 Å². The van der Waals surface area contributed by atoms with E-state index in [0.717, 1.165) is 48.3 Å². The number of hydrogen-bond donors (Lipinski definition) is 1. The molecule has 0 bridgehead atoms. The summed E-state index contributed by atoms with van der Waals surface area (Å²) in [4.78, 5) is 10.9. The third kappa shape index (κ3) is 3.64. The number of aromatic nitrogens is 2. The number of nitrogens with one attached hydrogen (secondary N) is 1. The summed E-state index contributed by atoms with van der Waals surface area (Å²) >= 11 is 6.16. The van der Waals surface area contributed by atoms with Crippen molar-refractivity contribution in [2.24, 2.45) is 0 Å². The minimum Gasteiger partial charge on any atom is -0.370 e. The van der Waals surface area contributed by atoms with Gasteiger partial charge >= 0.3 is 0 Å². The fourth-order valence-electron chi connectivity index (χ4n) is 2.59. The summed E-state index contributed by atoms with van der Waals surface area (Å²) in [6, 6.07) is 9.97. The molecule has 0 saturated carbocycles. The third-order valence-corrected chi connectivity index (χ3v) is 4.11. The average molecular weight is 303 g/mol. The van der Waals surface area contributed by atoms with E-state index in [1.165, 1.54) is 12.8 Å². The molecule has 0 aliphatic carbocycles. The lowest BCUT2D eigenvalue weighted by atomic mass is 10.1. The van der Waals surface area contributed by atoms with Gasteiger partial charge in [0.2, 0.25) is 0 Å². The highest BCUT2D eigenvalue weighted by Crippen LogP contribution is 2.19. The summed E-state index contributed by atoms with van der Waals surface area (Å²) in [5.74, 6) is 1.89. The van der Waals surface area contributed by atoms with Crippen LogP contribution in [-0.2, 0) is 6.42 Å². The molecule has 2 aromatic rings. The highest BCUT2D eigenvalue weighted by Gasteiger charge is 2.13. The second-order valence-corrected chi connectivity index (χ2v) is 5.63. The molecule has 1 saturated heterocycles. The van der Waals surface area contributed by atoms with E-state index in [4.69, 9.17) is 11.6 Å². The van der Waals surface area contributed by atoms with Crippen molar-refractivity contribution in [3.8, 4) is 0 Å². The van der Waals surface area contributed by atoms with Crippen LogP contribution in [-0.4, -0.2) is 29.6 Å². The Hall–Kier alpha value is -1.81. The summed E-state index contributed by atoms with van der Waals surface area (Å²) < 4.78 is 0. The van der Waals surface area contributed by atoms with E-state index in [1.54, 1.807) is 6.33 Å². The average Bonchev–Trinajstić information content (AvgIpc) is 3.04. The molecular formula is C16H19ClN4. The van der Waals surface area contributed by atoms with Crippen molar-refractivity contribution in [3.63, 3.8) is 0 Å². The molecule has 1 aliphatic rings. The Morgan fingerprint density at radius 3 is 2.76 bits per heavy atom.